The molecule has 1 rings (SSSR count). The number of carbonyl (C=O) groups is 1. The molecule has 1 aliphatic rings. The highest BCUT2D eigenvalue weighted by atomic mass is 16.1. The van der Waals surface area contributed by atoms with Crippen molar-refractivity contribution < 1.29 is 4.79 Å². The Morgan fingerprint density at radius 3 is 2.67 bits per heavy atom. The normalized spacial score (nSPS) is 25.8. The molecule has 82 valence electrons. The first-order chi connectivity index (χ1) is 7.08. The van der Waals surface area contributed by atoms with Crippen molar-refractivity contribution in [3.63, 3.8) is 0 Å². The smallest absolute Gasteiger partial charge is 0.142 e. The van der Waals surface area contributed by atoms with Crippen LogP contribution in [-0.4, -0.2) is 6.29 Å². The number of hydrogen-bond acceptors (Lipinski definition) is 1. The quantitative estimate of drug-likeness (QED) is 0.296. The maximum Gasteiger partial charge on any atom is 0.142 e. The lowest BCUT2D eigenvalue weighted by molar-refractivity contribution is -0.104. The van der Waals surface area contributed by atoms with Crippen LogP contribution in [0.2, 0.25) is 0 Å². The Labute approximate surface area is 92.6 Å². The highest BCUT2D eigenvalue weighted by Gasteiger charge is 2.30. The molecular formula is C14H20O. The molecule has 0 heterocycles. The number of hydrogen-bond donors (Lipinski definition) is 0. The van der Waals surface area contributed by atoms with Crippen molar-refractivity contribution in [3.8, 4) is 0 Å². The van der Waals surface area contributed by atoms with Gasteiger partial charge in [-0.2, -0.15) is 0 Å². The molecule has 0 bridgehead atoms. The van der Waals surface area contributed by atoms with E-state index < -0.39 is 0 Å². The van der Waals surface area contributed by atoms with E-state index in [0.29, 0.717) is 11.3 Å². The summed E-state index contributed by atoms with van der Waals surface area (Å²) in [5.41, 5.74) is 1.78. The minimum atomic E-state index is 0.338. The van der Waals surface area contributed by atoms with Crippen LogP contribution in [0.25, 0.3) is 0 Å². The van der Waals surface area contributed by atoms with Crippen molar-refractivity contribution in [2.75, 3.05) is 0 Å². The van der Waals surface area contributed by atoms with Crippen LogP contribution < -0.4 is 0 Å². The summed E-state index contributed by atoms with van der Waals surface area (Å²) < 4.78 is 0. The van der Waals surface area contributed by atoms with Crippen LogP contribution in [-0.2, 0) is 4.79 Å². The predicted molar refractivity (Wildman–Crippen MR) is 64.6 cm³/mol. The van der Waals surface area contributed by atoms with Crippen molar-refractivity contribution in [3.05, 3.63) is 36.0 Å². The highest BCUT2D eigenvalue weighted by Crippen LogP contribution is 2.41. The van der Waals surface area contributed by atoms with Crippen molar-refractivity contribution in [1.82, 2.24) is 0 Å². The van der Waals surface area contributed by atoms with Crippen LogP contribution in [0, 0.1) is 11.3 Å². The largest absolute Gasteiger partial charge is 0.299 e. The topological polar surface area (TPSA) is 17.1 Å². The van der Waals surface area contributed by atoms with Gasteiger partial charge in [0.1, 0.15) is 6.29 Å². The molecule has 0 saturated heterocycles. The van der Waals surface area contributed by atoms with E-state index in [9.17, 15) is 4.79 Å². The average molecular weight is 204 g/mol. The lowest BCUT2D eigenvalue weighted by Gasteiger charge is -2.36. The highest BCUT2D eigenvalue weighted by molar-refractivity contribution is 5.65. The summed E-state index contributed by atoms with van der Waals surface area (Å²) in [6.45, 7) is 6.81. The van der Waals surface area contributed by atoms with Gasteiger partial charge in [0.15, 0.2) is 0 Å². The van der Waals surface area contributed by atoms with Gasteiger partial charge in [0.25, 0.3) is 0 Å². The monoisotopic (exact) mass is 204 g/mol. The zero-order valence-electron chi connectivity index (χ0n) is 9.86. The molecule has 1 unspecified atom stereocenters. The Balaban J connectivity index is 2.76. The summed E-state index contributed by atoms with van der Waals surface area (Å²) in [5, 5.41) is 0. The average Bonchev–Trinajstić information content (AvgIpc) is 2.15. The van der Waals surface area contributed by atoms with Gasteiger partial charge in [-0.15, -0.1) is 0 Å². The summed E-state index contributed by atoms with van der Waals surface area (Å²) in [7, 11) is 0. The minimum Gasteiger partial charge on any atom is -0.299 e. The van der Waals surface area contributed by atoms with Crippen molar-refractivity contribution >= 4 is 6.29 Å². The number of aldehydes is 1. The first-order valence-corrected chi connectivity index (χ1v) is 5.53. The number of allylic oxidation sites excluding steroid dienone is 6. The molecule has 0 aromatic carbocycles. The molecule has 1 aliphatic carbocycles. The molecule has 0 fully saturated rings. The molecule has 15 heavy (non-hydrogen) atoms. The van der Waals surface area contributed by atoms with E-state index in [2.05, 4.69) is 32.9 Å². The second kappa shape index (κ2) is 5.11. The molecule has 0 N–H and O–H groups in total. The third-order valence-corrected chi connectivity index (χ3v) is 3.19. The SMILES string of the molecule is CC1=CCCC(C)(C)C1/C=C/C=C\C=O. The number of rotatable bonds is 3. The molecule has 0 aliphatic heterocycles. The second-order valence-corrected chi connectivity index (χ2v) is 4.86. The van der Waals surface area contributed by atoms with Crippen LogP contribution in [0.3, 0.4) is 0 Å². The van der Waals surface area contributed by atoms with E-state index in [-0.39, 0.29) is 0 Å². The molecule has 0 spiro atoms. The van der Waals surface area contributed by atoms with Gasteiger partial charge in [0, 0.05) is 5.92 Å². The molecule has 1 atom stereocenters. The molecule has 0 amide bonds. The third kappa shape index (κ3) is 3.19. The molecule has 0 aromatic heterocycles. The van der Waals surface area contributed by atoms with Crippen LogP contribution in [0.1, 0.15) is 33.6 Å². The maximum atomic E-state index is 10.1. The van der Waals surface area contributed by atoms with Gasteiger partial charge in [-0.05, 0) is 31.3 Å². The van der Waals surface area contributed by atoms with Gasteiger partial charge in [-0.3, -0.25) is 4.79 Å². The lowest BCUT2D eigenvalue weighted by Crippen LogP contribution is -2.26. The third-order valence-electron chi connectivity index (χ3n) is 3.19. The molecule has 1 heteroatoms. The Hall–Kier alpha value is -1.11. The van der Waals surface area contributed by atoms with E-state index in [4.69, 9.17) is 0 Å². The van der Waals surface area contributed by atoms with Gasteiger partial charge in [0.05, 0.1) is 0 Å². The lowest BCUT2D eigenvalue weighted by atomic mass is 9.68. The Morgan fingerprint density at radius 2 is 2.07 bits per heavy atom. The fraction of sp³-hybridized carbons (Fsp3) is 0.500. The van der Waals surface area contributed by atoms with Crippen molar-refractivity contribution in [2.45, 2.75) is 33.6 Å². The van der Waals surface area contributed by atoms with Crippen molar-refractivity contribution in [2.24, 2.45) is 11.3 Å². The van der Waals surface area contributed by atoms with Gasteiger partial charge in [-0.25, -0.2) is 0 Å². The summed E-state index contributed by atoms with van der Waals surface area (Å²) in [4.78, 5) is 10.1. The van der Waals surface area contributed by atoms with Crippen LogP contribution in [0.4, 0.5) is 0 Å². The molecule has 0 radical (unpaired) electrons. The molecular weight excluding hydrogens is 184 g/mol. The molecule has 0 saturated carbocycles. The fourth-order valence-electron chi connectivity index (χ4n) is 2.27. The van der Waals surface area contributed by atoms with Gasteiger partial charge >= 0.3 is 0 Å². The molecule has 1 nitrogen and oxygen atoms in total. The van der Waals surface area contributed by atoms with Crippen LogP contribution in [0.15, 0.2) is 36.0 Å². The van der Waals surface area contributed by atoms with Gasteiger partial charge in [-0.1, -0.05) is 43.7 Å². The van der Waals surface area contributed by atoms with Gasteiger partial charge in [0.2, 0.25) is 0 Å². The summed E-state index contributed by atoms with van der Waals surface area (Å²) in [6.07, 6.45) is 13.0. The molecule has 0 aromatic rings. The van der Waals surface area contributed by atoms with E-state index in [1.54, 1.807) is 6.08 Å². The number of carbonyl (C=O) groups excluding carboxylic acids is 1. The summed E-state index contributed by atoms with van der Waals surface area (Å²) in [5.74, 6) is 0.502. The first kappa shape index (κ1) is 12.0. The van der Waals surface area contributed by atoms with Gasteiger partial charge < -0.3 is 0 Å². The summed E-state index contributed by atoms with van der Waals surface area (Å²) in [6, 6.07) is 0. The first-order valence-electron chi connectivity index (χ1n) is 5.53. The van der Waals surface area contributed by atoms with Crippen LogP contribution in [0.5, 0.6) is 0 Å². The fourth-order valence-corrected chi connectivity index (χ4v) is 2.27. The second-order valence-electron chi connectivity index (χ2n) is 4.86. The summed E-state index contributed by atoms with van der Waals surface area (Å²) >= 11 is 0. The zero-order chi connectivity index (χ0) is 11.3. The van der Waals surface area contributed by atoms with E-state index >= 15 is 0 Å². The zero-order valence-corrected chi connectivity index (χ0v) is 9.86. The van der Waals surface area contributed by atoms with E-state index in [0.717, 1.165) is 6.29 Å². The Kier molecular flexibility index (Phi) is 4.07. The predicted octanol–water partition coefficient (Wildman–Crippen LogP) is 3.68. The van der Waals surface area contributed by atoms with E-state index in [1.807, 2.05) is 6.08 Å². The minimum absolute atomic E-state index is 0.338. The van der Waals surface area contributed by atoms with E-state index in [1.165, 1.54) is 24.5 Å². The van der Waals surface area contributed by atoms with Crippen molar-refractivity contribution in [1.29, 1.82) is 0 Å². The van der Waals surface area contributed by atoms with Crippen LogP contribution >= 0.6 is 0 Å². The Morgan fingerprint density at radius 1 is 1.33 bits per heavy atom. The maximum absolute atomic E-state index is 10.1. The standard InChI is InChI=1S/C14H20O/c1-12-8-7-10-14(2,3)13(12)9-5-4-6-11-15/h4-6,8-9,11,13H,7,10H2,1-3H3/b6-4-,9-5+. The Bertz CT molecular complexity index is 305.